The largest absolute Gasteiger partial charge is 0.368 e. The maximum absolute atomic E-state index is 12.8. The van der Waals surface area contributed by atoms with Crippen molar-refractivity contribution in [1.82, 2.24) is 4.72 Å². The maximum Gasteiger partial charge on any atom is 0.241 e. The predicted molar refractivity (Wildman–Crippen MR) is 55.3 cm³/mol. The number of nitrogens with one attached hydrogen (secondary N) is 1. The van der Waals surface area contributed by atoms with Crippen molar-refractivity contribution in [3.05, 3.63) is 29.8 Å². The second-order valence-corrected chi connectivity index (χ2v) is 5.06. The van der Waals surface area contributed by atoms with E-state index in [-0.39, 0.29) is 0 Å². The molecule has 1 aromatic carbocycles. The van der Waals surface area contributed by atoms with Crippen molar-refractivity contribution in [3.63, 3.8) is 0 Å². The zero-order valence-corrected chi connectivity index (χ0v) is 9.59. The number of primary amides is 1. The van der Waals surface area contributed by atoms with Crippen LogP contribution in [0.4, 0.5) is 8.78 Å². The van der Waals surface area contributed by atoms with E-state index in [4.69, 9.17) is 5.73 Å². The summed E-state index contributed by atoms with van der Waals surface area (Å²) in [6.07, 6.45) is 0. The number of hydrogen-bond acceptors (Lipinski definition) is 3. The molecule has 5 nitrogen and oxygen atoms in total. The van der Waals surface area contributed by atoms with Crippen LogP contribution in [0, 0.1) is 11.6 Å². The molecule has 0 aliphatic carbocycles. The Hall–Kier alpha value is -1.54. The van der Waals surface area contributed by atoms with E-state index < -0.39 is 38.5 Å². The van der Waals surface area contributed by atoms with Gasteiger partial charge in [0.15, 0.2) is 0 Å². The van der Waals surface area contributed by atoms with Gasteiger partial charge >= 0.3 is 0 Å². The minimum absolute atomic E-state index is 0.538. The summed E-state index contributed by atoms with van der Waals surface area (Å²) in [7, 11) is -4.18. The molecule has 0 saturated carbocycles. The van der Waals surface area contributed by atoms with E-state index in [2.05, 4.69) is 0 Å². The number of carbonyl (C=O) groups excluding carboxylic acids is 1. The summed E-state index contributed by atoms with van der Waals surface area (Å²) in [6.45, 7) is 1.22. The van der Waals surface area contributed by atoms with Gasteiger partial charge in [0.25, 0.3) is 0 Å². The van der Waals surface area contributed by atoms with Crippen molar-refractivity contribution in [2.75, 3.05) is 0 Å². The Morgan fingerprint density at radius 3 is 2.18 bits per heavy atom. The molecule has 1 aromatic rings. The first-order valence-electron chi connectivity index (χ1n) is 4.50. The van der Waals surface area contributed by atoms with Gasteiger partial charge in [-0.3, -0.25) is 4.79 Å². The van der Waals surface area contributed by atoms with Gasteiger partial charge in [0.05, 0.1) is 10.9 Å². The third-order valence-electron chi connectivity index (χ3n) is 1.91. The average Bonchev–Trinajstić information content (AvgIpc) is 2.15. The van der Waals surface area contributed by atoms with Crippen LogP contribution in [0.2, 0.25) is 0 Å². The molecule has 0 fully saturated rings. The highest BCUT2D eigenvalue weighted by atomic mass is 32.2. The molecule has 0 bridgehead atoms. The first kappa shape index (κ1) is 13.5. The molecule has 3 N–H and O–H groups in total. The summed E-state index contributed by atoms with van der Waals surface area (Å²) in [5, 5.41) is 0. The van der Waals surface area contributed by atoms with E-state index in [1.54, 1.807) is 0 Å². The molecule has 1 unspecified atom stereocenters. The van der Waals surface area contributed by atoms with Crippen LogP contribution in [-0.2, 0) is 14.8 Å². The highest BCUT2D eigenvalue weighted by molar-refractivity contribution is 7.89. The van der Waals surface area contributed by atoms with Crippen LogP contribution < -0.4 is 10.5 Å². The number of rotatable bonds is 4. The van der Waals surface area contributed by atoms with Gasteiger partial charge in [-0.05, 0) is 19.1 Å². The topological polar surface area (TPSA) is 89.3 Å². The summed E-state index contributed by atoms with van der Waals surface area (Å²) in [5.41, 5.74) is 4.87. The zero-order chi connectivity index (χ0) is 13.2. The molecule has 94 valence electrons. The Labute approximate surface area is 96.7 Å². The van der Waals surface area contributed by atoms with E-state index in [1.807, 2.05) is 4.72 Å². The average molecular weight is 264 g/mol. The molecule has 8 heteroatoms. The predicted octanol–water partition coefficient (Wildman–Crippen LogP) is 0.117. The molecular weight excluding hydrogens is 254 g/mol. The lowest BCUT2D eigenvalue weighted by Crippen LogP contribution is -2.42. The number of hydrogen-bond donors (Lipinski definition) is 2. The first-order valence-corrected chi connectivity index (χ1v) is 5.98. The maximum atomic E-state index is 12.8. The number of carbonyl (C=O) groups is 1. The summed E-state index contributed by atoms with van der Waals surface area (Å²) in [6, 6.07) is 0.640. The number of nitrogens with two attached hydrogens (primary N) is 1. The van der Waals surface area contributed by atoms with Crippen molar-refractivity contribution in [1.29, 1.82) is 0 Å². The molecule has 17 heavy (non-hydrogen) atoms. The number of benzene rings is 1. The van der Waals surface area contributed by atoms with E-state index in [9.17, 15) is 22.0 Å². The standard InChI is InChI=1S/C9H10F2N2O3S/c1-5(9(12)14)13-17(15,16)8-3-6(10)2-7(11)4-8/h2-5,13H,1H3,(H2,12,14). The van der Waals surface area contributed by atoms with Gasteiger partial charge in [0, 0.05) is 6.07 Å². The van der Waals surface area contributed by atoms with Crippen LogP contribution in [0.3, 0.4) is 0 Å². The monoisotopic (exact) mass is 264 g/mol. The van der Waals surface area contributed by atoms with Crippen LogP contribution in [-0.4, -0.2) is 20.4 Å². The lowest BCUT2D eigenvalue weighted by molar-refractivity contribution is -0.119. The molecule has 0 saturated heterocycles. The van der Waals surface area contributed by atoms with Gasteiger partial charge in [-0.2, -0.15) is 4.72 Å². The second kappa shape index (κ2) is 4.76. The fourth-order valence-electron chi connectivity index (χ4n) is 1.04. The number of sulfonamides is 1. The fourth-order valence-corrected chi connectivity index (χ4v) is 2.30. The Morgan fingerprint density at radius 1 is 1.29 bits per heavy atom. The van der Waals surface area contributed by atoms with Crippen LogP contribution in [0.25, 0.3) is 0 Å². The highest BCUT2D eigenvalue weighted by Crippen LogP contribution is 2.13. The zero-order valence-electron chi connectivity index (χ0n) is 8.78. The number of halogens is 2. The molecule has 0 spiro atoms. The van der Waals surface area contributed by atoms with Gasteiger partial charge in [-0.1, -0.05) is 0 Å². The van der Waals surface area contributed by atoms with Crippen LogP contribution >= 0.6 is 0 Å². The lowest BCUT2D eigenvalue weighted by Gasteiger charge is -2.10. The van der Waals surface area contributed by atoms with Gasteiger partial charge in [-0.25, -0.2) is 17.2 Å². The molecule has 1 amide bonds. The molecule has 1 atom stereocenters. The van der Waals surface area contributed by atoms with Gasteiger partial charge in [0.2, 0.25) is 15.9 Å². The first-order chi connectivity index (χ1) is 7.72. The van der Waals surface area contributed by atoms with E-state index >= 15 is 0 Å². The molecule has 0 heterocycles. The van der Waals surface area contributed by atoms with E-state index in [0.717, 1.165) is 0 Å². The van der Waals surface area contributed by atoms with Gasteiger partial charge in [0.1, 0.15) is 11.6 Å². The SMILES string of the molecule is CC(NS(=O)(=O)c1cc(F)cc(F)c1)C(N)=O. The van der Waals surface area contributed by atoms with Gasteiger partial charge < -0.3 is 5.73 Å². The Morgan fingerprint density at radius 2 is 1.76 bits per heavy atom. The summed E-state index contributed by atoms with van der Waals surface area (Å²) in [4.78, 5) is 10.1. The molecule has 0 aromatic heterocycles. The third kappa shape index (κ3) is 3.46. The van der Waals surface area contributed by atoms with Crippen molar-refractivity contribution in [3.8, 4) is 0 Å². The third-order valence-corrected chi connectivity index (χ3v) is 3.43. The minimum Gasteiger partial charge on any atom is -0.368 e. The normalized spacial score (nSPS) is 13.4. The van der Waals surface area contributed by atoms with E-state index in [1.165, 1.54) is 6.92 Å². The van der Waals surface area contributed by atoms with Crippen molar-refractivity contribution >= 4 is 15.9 Å². The van der Waals surface area contributed by atoms with Crippen LogP contribution in [0.15, 0.2) is 23.1 Å². The smallest absolute Gasteiger partial charge is 0.241 e. The Bertz CT molecular complexity index is 525. The molecule has 0 aliphatic rings. The minimum atomic E-state index is -4.18. The molecule has 0 aliphatic heterocycles. The fraction of sp³-hybridized carbons (Fsp3) is 0.222. The van der Waals surface area contributed by atoms with Crippen molar-refractivity contribution < 1.29 is 22.0 Å². The van der Waals surface area contributed by atoms with E-state index in [0.29, 0.717) is 18.2 Å². The molecular formula is C9H10F2N2O3S. The Kier molecular flexibility index (Phi) is 3.79. The van der Waals surface area contributed by atoms with Crippen molar-refractivity contribution in [2.45, 2.75) is 17.9 Å². The van der Waals surface area contributed by atoms with Crippen molar-refractivity contribution in [2.24, 2.45) is 5.73 Å². The Balaban J connectivity index is 3.09. The lowest BCUT2D eigenvalue weighted by atomic mass is 10.3. The summed E-state index contributed by atoms with van der Waals surface area (Å²) in [5.74, 6) is -2.96. The van der Waals surface area contributed by atoms with Gasteiger partial charge in [-0.15, -0.1) is 0 Å². The second-order valence-electron chi connectivity index (χ2n) is 3.35. The van der Waals surface area contributed by atoms with Crippen LogP contribution in [0.5, 0.6) is 0 Å². The highest BCUT2D eigenvalue weighted by Gasteiger charge is 2.21. The summed E-state index contributed by atoms with van der Waals surface area (Å²) < 4.78 is 50.8. The number of amides is 1. The summed E-state index contributed by atoms with van der Waals surface area (Å²) >= 11 is 0. The van der Waals surface area contributed by atoms with Crippen LogP contribution in [0.1, 0.15) is 6.92 Å². The molecule has 1 rings (SSSR count). The molecule has 0 radical (unpaired) electrons. The quantitative estimate of drug-likeness (QED) is 0.809.